The Morgan fingerprint density at radius 3 is 2.69 bits per heavy atom. The summed E-state index contributed by atoms with van der Waals surface area (Å²) >= 11 is 1.75. The summed E-state index contributed by atoms with van der Waals surface area (Å²) in [7, 11) is 1.76. The fourth-order valence-corrected chi connectivity index (χ4v) is 3.31. The number of guanidine groups is 1. The van der Waals surface area contributed by atoms with Crippen molar-refractivity contribution in [2.45, 2.75) is 26.7 Å². The van der Waals surface area contributed by atoms with Crippen molar-refractivity contribution < 1.29 is 4.42 Å². The lowest BCUT2D eigenvalue weighted by Gasteiger charge is -2.10. The molecule has 0 unspecified atom stereocenters. The highest BCUT2D eigenvalue weighted by Crippen LogP contribution is 2.16. The first-order valence-electron chi connectivity index (χ1n) is 8.48. The van der Waals surface area contributed by atoms with Gasteiger partial charge in [-0.25, -0.2) is 9.97 Å². The van der Waals surface area contributed by atoms with Crippen LogP contribution in [0.25, 0.3) is 11.6 Å². The van der Waals surface area contributed by atoms with Gasteiger partial charge in [-0.05, 0) is 26.0 Å². The molecule has 3 rings (SSSR count). The van der Waals surface area contributed by atoms with Crippen LogP contribution in [0.4, 0.5) is 0 Å². The van der Waals surface area contributed by atoms with Crippen molar-refractivity contribution >= 4 is 17.3 Å². The Labute approximate surface area is 156 Å². The van der Waals surface area contributed by atoms with Crippen LogP contribution in [0.15, 0.2) is 27.8 Å². The molecule has 3 aromatic heterocycles. The molecular formula is C17H23N7OS. The first kappa shape index (κ1) is 18.1. The number of aliphatic imine (C=N–C) groups is 1. The molecule has 0 aliphatic rings. The maximum Gasteiger partial charge on any atom is 0.216 e. The summed E-state index contributed by atoms with van der Waals surface area (Å²) < 4.78 is 5.29. The summed E-state index contributed by atoms with van der Waals surface area (Å²) in [5.74, 6) is 2.79. The first-order valence-corrected chi connectivity index (χ1v) is 9.30. The summed E-state index contributed by atoms with van der Waals surface area (Å²) in [6.45, 7) is 5.63. The van der Waals surface area contributed by atoms with Gasteiger partial charge in [0.2, 0.25) is 5.82 Å². The Kier molecular flexibility index (Phi) is 6.00. The van der Waals surface area contributed by atoms with Crippen LogP contribution in [-0.4, -0.2) is 46.3 Å². The second-order valence-corrected chi connectivity index (χ2v) is 7.05. The lowest BCUT2D eigenvalue weighted by molar-refractivity contribution is 0.577. The molecule has 0 aliphatic heterocycles. The van der Waals surface area contributed by atoms with E-state index in [1.807, 2.05) is 19.1 Å². The van der Waals surface area contributed by atoms with Crippen LogP contribution >= 0.6 is 11.3 Å². The molecule has 0 aromatic carbocycles. The van der Waals surface area contributed by atoms with Crippen molar-refractivity contribution in [3.05, 3.63) is 39.8 Å². The first-order chi connectivity index (χ1) is 12.7. The minimum Gasteiger partial charge on any atom is -0.461 e. The predicted octanol–water partition coefficient (Wildman–Crippen LogP) is 2.09. The highest BCUT2D eigenvalue weighted by atomic mass is 32.1. The molecule has 0 saturated heterocycles. The number of furan rings is 1. The second kappa shape index (κ2) is 8.61. The third kappa shape index (κ3) is 4.69. The maximum absolute atomic E-state index is 5.29. The number of rotatable bonds is 7. The minimum absolute atomic E-state index is 0.571. The van der Waals surface area contributed by atoms with E-state index in [1.165, 1.54) is 4.88 Å². The summed E-state index contributed by atoms with van der Waals surface area (Å²) in [5, 5.41) is 14.8. The fraction of sp³-hybridized carbons (Fsp3) is 0.412. The molecule has 3 N–H and O–H groups in total. The van der Waals surface area contributed by atoms with Crippen LogP contribution in [0.2, 0.25) is 0 Å². The van der Waals surface area contributed by atoms with Crippen LogP contribution in [0.3, 0.4) is 0 Å². The molecule has 0 amide bonds. The van der Waals surface area contributed by atoms with Crippen molar-refractivity contribution in [3.8, 4) is 11.6 Å². The molecular weight excluding hydrogens is 350 g/mol. The van der Waals surface area contributed by atoms with Crippen molar-refractivity contribution in [1.29, 1.82) is 0 Å². The van der Waals surface area contributed by atoms with Crippen molar-refractivity contribution in [1.82, 2.24) is 30.8 Å². The van der Waals surface area contributed by atoms with Gasteiger partial charge < -0.3 is 15.1 Å². The molecule has 0 fully saturated rings. The Morgan fingerprint density at radius 2 is 2.04 bits per heavy atom. The Bertz CT molecular complexity index is 831. The standard InChI is InChI=1S/C17H23N7OS/c1-11-12(2)26-15(21-11)7-9-20-17(18-3)19-8-6-14-22-16(24-23-14)13-5-4-10-25-13/h4-5,10H,6-9H2,1-3H3,(H2,18,19,20)(H,22,23,24). The van der Waals surface area contributed by atoms with Crippen LogP contribution < -0.4 is 10.6 Å². The number of nitrogens with one attached hydrogen (secondary N) is 3. The third-order valence-corrected chi connectivity index (χ3v) is 4.99. The average Bonchev–Trinajstić information content (AvgIpc) is 3.36. The molecule has 138 valence electrons. The number of aromatic amines is 1. The summed E-state index contributed by atoms with van der Waals surface area (Å²) in [6.07, 6.45) is 3.20. The van der Waals surface area contributed by atoms with Crippen LogP contribution in [0.1, 0.15) is 21.4 Å². The predicted molar refractivity (Wildman–Crippen MR) is 102 cm³/mol. The van der Waals surface area contributed by atoms with E-state index >= 15 is 0 Å². The molecule has 0 bridgehead atoms. The van der Waals surface area contributed by atoms with Gasteiger partial charge in [0.1, 0.15) is 5.82 Å². The molecule has 9 heteroatoms. The average molecular weight is 373 g/mol. The van der Waals surface area contributed by atoms with Gasteiger partial charge in [-0.2, -0.15) is 5.10 Å². The lowest BCUT2D eigenvalue weighted by Crippen LogP contribution is -2.39. The normalized spacial score (nSPS) is 11.7. The van der Waals surface area contributed by atoms with Gasteiger partial charge >= 0.3 is 0 Å². The topological polar surface area (TPSA) is 104 Å². The number of nitrogens with zero attached hydrogens (tertiary/aromatic N) is 4. The number of aryl methyl sites for hydroxylation is 2. The second-order valence-electron chi connectivity index (χ2n) is 5.76. The molecule has 0 saturated carbocycles. The van der Waals surface area contributed by atoms with Gasteiger partial charge in [0.15, 0.2) is 11.7 Å². The number of aromatic nitrogens is 4. The van der Waals surface area contributed by atoms with E-state index in [0.29, 0.717) is 24.6 Å². The third-order valence-electron chi connectivity index (χ3n) is 3.86. The van der Waals surface area contributed by atoms with Gasteiger partial charge in [0, 0.05) is 37.9 Å². The van der Waals surface area contributed by atoms with E-state index in [1.54, 1.807) is 24.6 Å². The van der Waals surface area contributed by atoms with E-state index in [2.05, 4.69) is 42.7 Å². The van der Waals surface area contributed by atoms with Crippen LogP contribution in [-0.2, 0) is 12.8 Å². The van der Waals surface area contributed by atoms with E-state index in [0.717, 1.165) is 35.5 Å². The van der Waals surface area contributed by atoms with Gasteiger partial charge in [-0.15, -0.1) is 11.3 Å². The molecule has 8 nitrogen and oxygen atoms in total. The van der Waals surface area contributed by atoms with Crippen molar-refractivity contribution in [2.24, 2.45) is 4.99 Å². The van der Waals surface area contributed by atoms with E-state index < -0.39 is 0 Å². The smallest absolute Gasteiger partial charge is 0.216 e. The fourth-order valence-electron chi connectivity index (χ4n) is 2.38. The quantitative estimate of drug-likeness (QED) is 0.433. The van der Waals surface area contributed by atoms with Crippen molar-refractivity contribution in [2.75, 3.05) is 20.1 Å². The minimum atomic E-state index is 0.571. The Morgan fingerprint density at radius 1 is 1.23 bits per heavy atom. The molecule has 3 heterocycles. The molecule has 0 atom stereocenters. The number of hydrogen-bond donors (Lipinski definition) is 3. The van der Waals surface area contributed by atoms with E-state index in [4.69, 9.17) is 4.42 Å². The number of H-pyrrole nitrogens is 1. The Balaban J connectivity index is 1.40. The zero-order valence-corrected chi connectivity index (χ0v) is 16.0. The van der Waals surface area contributed by atoms with Gasteiger partial charge in [0.25, 0.3) is 0 Å². The number of hydrogen-bond acceptors (Lipinski definition) is 6. The Hall–Kier alpha value is -2.68. The molecule has 26 heavy (non-hydrogen) atoms. The van der Waals surface area contributed by atoms with Gasteiger partial charge in [0.05, 0.1) is 17.0 Å². The largest absolute Gasteiger partial charge is 0.461 e. The van der Waals surface area contributed by atoms with Crippen LogP contribution in [0, 0.1) is 13.8 Å². The summed E-state index contributed by atoms with van der Waals surface area (Å²) in [5.41, 5.74) is 1.12. The summed E-state index contributed by atoms with van der Waals surface area (Å²) in [6, 6.07) is 3.65. The SMILES string of the molecule is CN=C(NCCc1nc(-c2ccco2)n[nH]1)NCCc1nc(C)c(C)s1. The van der Waals surface area contributed by atoms with Gasteiger partial charge in [-0.3, -0.25) is 10.1 Å². The van der Waals surface area contributed by atoms with Gasteiger partial charge in [-0.1, -0.05) is 0 Å². The van der Waals surface area contributed by atoms with E-state index in [9.17, 15) is 0 Å². The monoisotopic (exact) mass is 373 g/mol. The zero-order chi connectivity index (χ0) is 18.4. The van der Waals surface area contributed by atoms with Crippen LogP contribution in [0.5, 0.6) is 0 Å². The molecule has 0 spiro atoms. The lowest BCUT2D eigenvalue weighted by atomic mass is 10.4. The van der Waals surface area contributed by atoms with E-state index in [-0.39, 0.29) is 0 Å². The number of thiazole rings is 1. The summed E-state index contributed by atoms with van der Waals surface area (Å²) in [4.78, 5) is 14.5. The highest BCUT2D eigenvalue weighted by Gasteiger charge is 2.08. The van der Waals surface area contributed by atoms with Crippen molar-refractivity contribution in [3.63, 3.8) is 0 Å². The zero-order valence-electron chi connectivity index (χ0n) is 15.2. The molecule has 0 radical (unpaired) electrons. The maximum atomic E-state index is 5.29. The molecule has 0 aliphatic carbocycles. The molecule has 3 aromatic rings. The highest BCUT2D eigenvalue weighted by molar-refractivity contribution is 7.11.